The molecule has 0 aromatic carbocycles. The zero-order chi connectivity index (χ0) is 18.1. The van der Waals surface area contributed by atoms with Crippen molar-refractivity contribution in [3.63, 3.8) is 0 Å². The zero-order valence-electron chi connectivity index (χ0n) is 15.4. The third-order valence-corrected chi connectivity index (χ3v) is 6.98. The molecule has 0 N–H and O–H groups in total. The maximum atomic E-state index is 5.89. The van der Waals surface area contributed by atoms with Gasteiger partial charge in [0.25, 0.3) is 0 Å². The molecule has 5 nitrogen and oxygen atoms in total. The molecule has 0 saturated heterocycles. The van der Waals surface area contributed by atoms with Crippen molar-refractivity contribution in [2.75, 3.05) is 24.9 Å². The number of hydrogen-bond donors (Lipinski definition) is 0. The molecule has 0 spiro atoms. The van der Waals surface area contributed by atoms with Gasteiger partial charge in [0.15, 0.2) is 11.3 Å². The molecular weight excluding hydrogens is 459 g/mol. The SMILES string of the molecule is C[S+](C)CCOCn1cc(I)c2c1ncc1ncc(C3CCCCC3)n12. The van der Waals surface area contributed by atoms with Gasteiger partial charge in [0.2, 0.25) is 0 Å². The van der Waals surface area contributed by atoms with Crippen LogP contribution in [0.4, 0.5) is 0 Å². The minimum Gasteiger partial charge on any atom is -0.356 e. The summed E-state index contributed by atoms with van der Waals surface area (Å²) < 4.78 is 11.6. The van der Waals surface area contributed by atoms with Crippen LogP contribution in [-0.2, 0) is 22.4 Å². The van der Waals surface area contributed by atoms with Gasteiger partial charge in [-0.25, -0.2) is 9.97 Å². The molecule has 7 heteroatoms. The Hall–Kier alpha value is -0.800. The van der Waals surface area contributed by atoms with E-state index < -0.39 is 0 Å². The Morgan fingerprint density at radius 3 is 2.77 bits per heavy atom. The highest BCUT2D eigenvalue weighted by Crippen LogP contribution is 2.34. The van der Waals surface area contributed by atoms with E-state index in [4.69, 9.17) is 9.72 Å². The summed E-state index contributed by atoms with van der Waals surface area (Å²) in [6, 6.07) is 0. The lowest BCUT2D eigenvalue weighted by atomic mass is 9.87. The molecule has 140 valence electrons. The minimum absolute atomic E-state index is 0.422. The maximum absolute atomic E-state index is 5.89. The zero-order valence-corrected chi connectivity index (χ0v) is 18.4. The predicted molar refractivity (Wildman–Crippen MR) is 117 cm³/mol. The second-order valence-electron chi connectivity index (χ2n) is 7.32. The van der Waals surface area contributed by atoms with E-state index in [0.717, 1.165) is 23.7 Å². The molecule has 1 aliphatic carbocycles. The maximum Gasteiger partial charge on any atom is 0.160 e. The van der Waals surface area contributed by atoms with Crippen molar-refractivity contribution < 1.29 is 4.74 Å². The molecule has 3 aromatic heterocycles. The summed E-state index contributed by atoms with van der Waals surface area (Å²) in [6.45, 7) is 1.36. The van der Waals surface area contributed by atoms with Crippen LogP contribution in [0, 0.1) is 3.57 Å². The third-order valence-electron chi connectivity index (χ3n) is 5.21. The van der Waals surface area contributed by atoms with E-state index in [9.17, 15) is 0 Å². The van der Waals surface area contributed by atoms with E-state index in [1.165, 1.54) is 46.9 Å². The Balaban J connectivity index is 1.69. The van der Waals surface area contributed by atoms with Gasteiger partial charge in [-0.3, -0.25) is 4.40 Å². The summed E-state index contributed by atoms with van der Waals surface area (Å²) in [4.78, 5) is 9.35. The topological polar surface area (TPSA) is 44.3 Å². The van der Waals surface area contributed by atoms with E-state index in [0.29, 0.717) is 23.5 Å². The third kappa shape index (κ3) is 3.62. The fraction of sp³-hybridized carbons (Fsp3) is 0.579. The van der Waals surface area contributed by atoms with Crippen molar-refractivity contribution in [3.8, 4) is 0 Å². The van der Waals surface area contributed by atoms with Crippen LogP contribution in [-0.4, -0.2) is 43.8 Å². The van der Waals surface area contributed by atoms with Crippen LogP contribution < -0.4 is 0 Å². The van der Waals surface area contributed by atoms with E-state index >= 15 is 0 Å². The van der Waals surface area contributed by atoms with Gasteiger partial charge in [0.05, 0.1) is 28.9 Å². The molecule has 1 aliphatic rings. The lowest BCUT2D eigenvalue weighted by Gasteiger charge is -2.21. The fourth-order valence-corrected chi connectivity index (χ4v) is 5.12. The second-order valence-corrected chi connectivity index (χ2v) is 10.9. The van der Waals surface area contributed by atoms with E-state index in [1.807, 2.05) is 6.20 Å². The van der Waals surface area contributed by atoms with Crippen molar-refractivity contribution in [1.82, 2.24) is 18.9 Å². The van der Waals surface area contributed by atoms with Crippen LogP contribution in [0.5, 0.6) is 0 Å². The van der Waals surface area contributed by atoms with Gasteiger partial charge in [-0.15, -0.1) is 0 Å². The van der Waals surface area contributed by atoms with Crippen LogP contribution >= 0.6 is 22.6 Å². The Bertz CT molecular complexity index is 898. The molecule has 0 radical (unpaired) electrons. The minimum atomic E-state index is 0.422. The van der Waals surface area contributed by atoms with E-state index in [-0.39, 0.29) is 0 Å². The van der Waals surface area contributed by atoms with E-state index in [1.54, 1.807) is 0 Å². The number of halogens is 1. The first-order chi connectivity index (χ1) is 12.6. The number of aromatic nitrogens is 4. The highest BCUT2D eigenvalue weighted by molar-refractivity contribution is 14.1. The van der Waals surface area contributed by atoms with Crippen LogP contribution in [0.25, 0.3) is 16.8 Å². The van der Waals surface area contributed by atoms with Crippen molar-refractivity contribution in [2.45, 2.75) is 44.8 Å². The number of ether oxygens (including phenoxy) is 1. The van der Waals surface area contributed by atoms with Gasteiger partial charge < -0.3 is 9.30 Å². The molecule has 3 heterocycles. The molecule has 4 rings (SSSR count). The molecule has 3 aromatic rings. The van der Waals surface area contributed by atoms with Crippen molar-refractivity contribution in [3.05, 3.63) is 27.9 Å². The molecule has 0 aliphatic heterocycles. The second kappa shape index (κ2) is 8.06. The number of fused-ring (bicyclic) bond motifs is 3. The first kappa shape index (κ1) is 18.6. The molecule has 0 amide bonds. The van der Waals surface area contributed by atoms with Crippen molar-refractivity contribution in [2.24, 2.45) is 0 Å². The number of imidazole rings is 1. The van der Waals surface area contributed by atoms with Crippen LogP contribution in [0.1, 0.15) is 43.7 Å². The van der Waals surface area contributed by atoms with Gasteiger partial charge in [0.1, 0.15) is 18.0 Å². The Morgan fingerprint density at radius 1 is 1.19 bits per heavy atom. The van der Waals surface area contributed by atoms with Crippen LogP contribution in [0.2, 0.25) is 0 Å². The summed E-state index contributed by atoms with van der Waals surface area (Å²) in [5.41, 5.74) is 4.47. The Morgan fingerprint density at radius 2 is 2.00 bits per heavy atom. The highest BCUT2D eigenvalue weighted by atomic mass is 127. The summed E-state index contributed by atoms with van der Waals surface area (Å²) in [6.07, 6.45) is 17.2. The fourth-order valence-electron chi connectivity index (χ4n) is 3.85. The molecule has 1 fully saturated rings. The van der Waals surface area contributed by atoms with Gasteiger partial charge in [-0.1, -0.05) is 19.3 Å². The van der Waals surface area contributed by atoms with Gasteiger partial charge in [-0.05, 0) is 46.3 Å². The van der Waals surface area contributed by atoms with Crippen molar-refractivity contribution in [1.29, 1.82) is 0 Å². The number of hydrogen-bond acceptors (Lipinski definition) is 3. The molecule has 0 atom stereocenters. The lowest BCUT2D eigenvalue weighted by Crippen LogP contribution is -2.11. The standard InChI is InChI=1S/C19H26IN4OS/c1-26(2)9-8-25-13-23-12-15(20)18-19(23)22-11-17-21-10-16(24(17)18)14-6-4-3-5-7-14/h10-12,14H,3-9,13H2,1-2H3/q+1. The largest absolute Gasteiger partial charge is 0.356 e. The monoisotopic (exact) mass is 485 g/mol. The van der Waals surface area contributed by atoms with E-state index in [2.05, 4.69) is 61.4 Å². The summed E-state index contributed by atoms with van der Waals surface area (Å²) in [7, 11) is 0.422. The average molecular weight is 485 g/mol. The van der Waals surface area contributed by atoms with Crippen LogP contribution in [0.3, 0.4) is 0 Å². The Labute approximate surface area is 171 Å². The summed E-state index contributed by atoms with van der Waals surface area (Å²) in [5.74, 6) is 1.73. The number of rotatable bonds is 6. The first-order valence-corrected chi connectivity index (χ1v) is 12.6. The summed E-state index contributed by atoms with van der Waals surface area (Å²) in [5, 5.41) is 0. The molecule has 26 heavy (non-hydrogen) atoms. The van der Waals surface area contributed by atoms with Crippen molar-refractivity contribution >= 4 is 50.3 Å². The predicted octanol–water partition coefficient (Wildman–Crippen LogP) is 4.19. The molecule has 0 unspecified atom stereocenters. The van der Waals surface area contributed by atoms with Gasteiger partial charge in [0, 0.05) is 24.0 Å². The smallest absolute Gasteiger partial charge is 0.160 e. The molecular formula is C19H26IN4OS+. The lowest BCUT2D eigenvalue weighted by molar-refractivity contribution is 0.0923. The molecule has 1 saturated carbocycles. The van der Waals surface area contributed by atoms with Gasteiger partial charge >= 0.3 is 0 Å². The quantitative estimate of drug-likeness (QED) is 0.299. The Kier molecular flexibility index (Phi) is 5.75. The summed E-state index contributed by atoms with van der Waals surface area (Å²) >= 11 is 2.42. The normalized spacial score (nSPS) is 16.3. The molecule has 0 bridgehead atoms. The highest BCUT2D eigenvalue weighted by Gasteiger charge is 2.22. The number of nitrogens with zero attached hydrogens (tertiary/aromatic N) is 4. The van der Waals surface area contributed by atoms with Crippen LogP contribution in [0.15, 0.2) is 18.6 Å². The average Bonchev–Trinajstić information content (AvgIpc) is 3.20. The van der Waals surface area contributed by atoms with Gasteiger partial charge in [-0.2, -0.15) is 0 Å². The first-order valence-electron chi connectivity index (χ1n) is 9.28.